The molecule has 10 heteroatoms. The molecule has 0 bridgehead atoms. The molecule has 0 unspecified atom stereocenters. The van der Waals surface area contributed by atoms with Crippen molar-refractivity contribution in [3.63, 3.8) is 0 Å². The highest BCUT2D eigenvalue weighted by atomic mass is 16.5. The van der Waals surface area contributed by atoms with Crippen LogP contribution in [-0.2, 0) is 16.1 Å². The molecule has 3 aromatic rings. The van der Waals surface area contributed by atoms with Gasteiger partial charge in [-0.3, -0.25) is 19.6 Å². The smallest absolute Gasteiger partial charge is 0.268 e. The van der Waals surface area contributed by atoms with Crippen molar-refractivity contribution in [3.8, 4) is 16.9 Å². The lowest BCUT2D eigenvalue weighted by molar-refractivity contribution is -0.133. The number of benzene rings is 3. The molecule has 3 aromatic carbocycles. The Morgan fingerprint density at radius 1 is 0.946 bits per heavy atom. The lowest BCUT2D eigenvalue weighted by atomic mass is 10.0. The Bertz CT molecular complexity index is 1210. The van der Waals surface area contributed by atoms with E-state index in [1.54, 1.807) is 43.5 Å². The summed E-state index contributed by atoms with van der Waals surface area (Å²) in [5.74, 6) is -0.894. The lowest BCUT2D eigenvalue weighted by Crippen LogP contribution is -2.51. The van der Waals surface area contributed by atoms with Gasteiger partial charge in [-0.05, 0) is 60.0 Å². The van der Waals surface area contributed by atoms with Gasteiger partial charge in [0, 0.05) is 17.8 Å². The Morgan fingerprint density at radius 2 is 1.59 bits per heavy atom. The van der Waals surface area contributed by atoms with Crippen LogP contribution in [0.1, 0.15) is 22.8 Å². The van der Waals surface area contributed by atoms with E-state index in [-0.39, 0.29) is 18.0 Å². The second-order valence-corrected chi connectivity index (χ2v) is 8.33. The average molecular weight is 507 g/mol. The molecule has 194 valence electrons. The number of aliphatic hydroxyl groups excluding tert-OH is 1. The summed E-state index contributed by atoms with van der Waals surface area (Å²) < 4.78 is 5.20. The third-order valence-corrected chi connectivity index (χ3v) is 5.56. The van der Waals surface area contributed by atoms with Crippen LogP contribution >= 0.6 is 0 Å². The van der Waals surface area contributed by atoms with E-state index in [0.717, 1.165) is 22.4 Å². The summed E-state index contributed by atoms with van der Waals surface area (Å²) in [4.78, 5) is 36.3. The second-order valence-electron chi connectivity index (χ2n) is 8.33. The minimum absolute atomic E-state index is 0.151. The van der Waals surface area contributed by atoms with Gasteiger partial charge in [-0.2, -0.15) is 0 Å². The number of ether oxygens (including phenoxy) is 1. The Balaban J connectivity index is 1.52. The van der Waals surface area contributed by atoms with E-state index >= 15 is 0 Å². The SMILES string of the molecule is COc1cccc(CNCC(=O)Nc2ccc(-c3ccc(C(=O)N[C@H](C(=O)NO)[C@@H](C)O)cc3)cc2)c1. The van der Waals surface area contributed by atoms with E-state index in [0.29, 0.717) is 12.2 Å². The van der Waals surface area contributed by atoms with Gasteiger partial charge < -0.3 is 25.8 Å². The van der Waals surface area contributed by atoms with E-state index in [1.165, 1.54) is 12.4 Å². The highest BCUT2D eigenvalue weighted by Gasteiger charge is 2.25. The van der Waals surface area contributed by atoms with Gasteiger partial charge in [-0.25, -0.2) is 5.48 Å². The fraction of sp³-hybridized carbons (Fsp3) is 0.222. The van der Waals surface area contributed by atoms with Crippen LogP contribution in [-0.4, -0.2) is 53.8 Å². The predicted molar refractivity (Wildman–Crippen MR) is 138 cm³/mol. The topological polar surface area (TPSA) is 149 Å². The molecule has 0 radical (unpaired) electrons. The number of nitrogens with one attached hydrogen (secondary N) is 4. The summed E-state index contributed by atoms with van der Waals surface area (Å²) >= 11 is 0. The maximum atomic E-state index is 12.4. The summed E-state index contributed by atoms with van der Waals surface area (Å²) in [5.41, 5.74) is 5.09. The molecule has 0 aliphatic carbocycles. The van der Waals surface area contributed by atoms with Crippen molar-refractivity contribution < 1.29 is 29.4 Å². The highest BCUT2D eigenvalue weighted by Crippen LogP contribution is 2.22. The first-order chi connectivity index (χ1) is 17.8. The number of hydroxylamine groups is 1. The fourth-order valence-corrected chi connectivity index (χ4v) is 3.57. The van der Waals surface area contributed by atoms with E-state index in [2.05, 4.69) is 16.0 Å². The van der Waals surface area contributed by atoms with Crippen LogP contribution in [0, 0.1) is 0 Å². The third-order valence-electron chi connectivity index (χ3n) is 5.56. The van der Waals surface area contributed by atoms with Gasteiger partial charge in [0.15, 0.2) is 0 Å². The van der Waals surface area contributed by atoms with Gasteiger partial charge in [0.2, 0.25) is 5.91 Å². The monoisotopic (exact) mass is 506 g/mol. The second kappa shape index (κ2) is 13.2. The van der Waals surface area contributed by atoms with Crippen LogP contribution < -0.4 is 26.2 Å². The Labute approximate surface area is 214 Å². The van der Waals surface area contributed by atoms with Gasteiger partial charge in [0.1, 0.15) is 11.8 Å². The number of hydrogen-bond donors (Lipinski definition) is 6. The minimum Gasteiger partial charge on any atom is -0.497 e. The number of anilines is 1. The lowest BCUT2D eigenvalue weighted by Gasteiger charge is -2.19. The molecule has 0 fully saturated rings. The van der Waals surface area contributed by atoms with Crippen molar-refractivity contribution in [2.45, 2.75) is 25.6 Å². The molecule has 10 nitrogen and oxygen atoms in total. The molecular formula is C27H30N4O6. The number of rotatable bonds is 11. The zero-order valence-electron chi connectivity index (χ0n) is 20.5. The first kappa shape index (κ1) is 27.3. The van der Waals surface area contributed by atoms with Crippen molar-refractivity contribution in [2.75, 3.05) is 19.0 Å². The number of aliphatic hydroxyl groups is 1. The van der Waals surface area contributed by atoms with Crippen LogP contribution in [0.4, 0.5) is 5.69 Å². The maximum Gasteiger partial charge on any atom is 0.268 e. The van der Waals surface area contributed by atoms with Gasteiger partial charge in [0.25, 0.3) is 11.8 Å². The molecule has 0 spiro atoms. The summed E-state index contributed by atoms with van der Waals surface area (Å²) in [6.45, 7) is 2.01. The van der Waals surface area contributed by atoms with Crippen LogP contribution in [0.25, 0.3) is 11.1 Å². The molecule has 0 aliphatic rings. The summed E-state index contributed by atoms with van der Waals surface area (Å²) in [7, 11) is 1.61. The third kappa shape index (κ3) is 7.87. The summed E-state index contributed by atoms with van der Waals surface area (Å²) in [5, 5.41) is 26.8. The first-order valence-electron chi connectivity index (χ1n) is 11.6. The van der Waals surface area contributed by atoms with E-state index in [1.807, 2.05) is 36.4 Å². The minimum atomic E-state index is -1.29. The van der Waals surface area contributed by atoms with Crippen LogP contribution in [0.2, 0.25) is 0 Å². The number of hydrogen-bond acceptors (Lipinski definition) is 7. The van der Waals surface area contributed by atoms with Crippen molar-refractivity contribution in [1.82, 2.24) is 16.1 Å². The molecule has 0 aromatic heterocycles. The number of carbonyl (C=O) groups is 3. The van der Waals surface area contributed by atoms with Gasteiger partial charge >= 0.3 is 0 Å². The molecule has 0 saturated heterocycles. The normalized spacial score (nSPS) is 12.2. The Hall–Kier alpha value is -4.25. The van der Waals surface area contributed by atoms with Crippen LogP contribution in [0.5, 0.6) is 5.75 Å². The van der Waals surface area contributed by atoms with E-state index in [4.69, 9.17) is 9.94 Å². The molecule has 0 saturated carbocycles. The molecule has 6 N–H and O–H groups in total. The number of amides is 3. The summed E-state index contributed by atoms with van der Waals surface area (Å²) in [6.07, 6.45) is -1.20. The zero-order chi connectivity index (χ0) is 26.8. The van der Waals surface area contributed by atoms with E-state index in [9.17, 15) is 19.5 Å². The van der Waals surface area contributed by atoms with Crippen LogP contribution in [0.15, 0.2) is 72.8 Å². The molecule has 0 aliphatic heterocycles. The molecular weight excluding hydrogens is 476 g/mol. The zero-order valence-corrected chi connectivity index (χ0v) is 20.5. The van der Waals surface area contributed by atoms with Gasteiger partial charge in [-0.1, -0.05) is 36.4 Å². The fourth-order valence-electron chi connectivity index (χ4n) is 3.57. The molecule has 3 amide bonds. The first-order valence-corrected chi connectivity index (χ1v) is 11.6. The molecule has 3 rings (SSSR count). The van der Waals surface area contributed by atoms with Crippen molar-refractivity contribution in [1.29, 1.82) is 0 Å². The van der Waals surface area contributed by atoms with Crippen molar-refractivity contribution in [3.05, 3.63) is 83.9 Å². The average Bonchev–Trinajstić information content (AvgIpc) is 2.91. The highest BCUT2D eigenvalue weighted by molar-refractivity contribution is 5.98. The van der Waals surface area contributed by atoms with Crippen LogP contribution in [0.3, 0.4) is 0 Å². The quantitative estimate of drug-likeness (QED) is 0.172. The maximum absolute atomic E-state index is 12.4. The van der Waals surface area contributed by atoms with Crippen molar-refractivity contribution >= 4 is 23.4 Å². The van der Waals surface area contributed by atoms with Gasteiger partial charge in [-0.15, -0.1) is 0 Å². The number of methoxy groups -OCH3 is 1. The largest absolute Gasteiger partial charge is 0.497 e. The predicted octanol–water partition coefficient (Wildman–Crippen LogP) is 2.08. The Kier molecular flexibility index (Phi) is 9.73. The molecule has 0 heterocycles. The molecule has 2 atom stereocenters. The summed E-state index contributed by atoms with van der Waals surface area (Å²) in [6, 6.07) is 20.3. The van der Waals surface area contributed by atoms with Crippen molar-refractivity contribution in [2.24, 2.45) is 0 Å². The van der Waals surface area contributed by atoms with Gasteiger partial charge in [0.05, 0.1) is 19.8 Å². The van der Waals surface area contributed by atoms with E-state index < -0.39 is 24.0 Å². The molecule has 37 heavy (non-hydrogen) atoms. The number of carbonyl (C=O) groups excluding carboxylic acids is 3. The Morgan fingerprint density at radius 3 is 2.19 bits per heavy atom. The standard InChI is InChI=1S/C27H30N4O6/c1-17(32)25(27(35)31-36)30-26(34)21-8-6-19(7-9-21)20-10-12-22(13-11-20)29-24(33)16-28-15-18-4-3-5-23(14-18)37-2/h3-14,17,25,28,32,36H,15-16H2,1-2H3,(H,29,33)(H,30,34)(H,31,35)/t17-,25+/m1/s1.